The number of rotatable bonds is 7. The maximum Gasteiger partial charge on any atom is 0.127 e. The second kappa shape index (κ2) is 7.82. The van der Waals surface area contributed by atoms with Gasteiger partial charge in [-0.05, 0) is 12.1 Å². The van der Waals surface area contributed by atoms with Gasteiger partial charge >= 0.3 is 0 Å². The van der Waals surface area contributed by atoms with Crippen molar-refractivity contribution in [2.24, 2.45) is 0 Å². The Labute approximate surface area is 136 Å². The SMILES string of the molecule is Clc1ccc(OCCOCC[NH+]2CCCC2)c2ccccc12. The number of quaternary nitrogens is 1. The van der Waals surface area contributed by atoms with Gasteiger partial charge in [-0.1, -0.05) is 35.9 Å². The van der Waals surface area contributed by atoms with Gasteiger partial charge in [0.05, 0.1) is 26.3 Å². The van der Waals surface area contributed by atoms with Gasteiger partial charge in [0, 0.05) is 28.6 Å². The van der Waals surface area contributed by atoms with Gasteiger partial charge in [0.2, 0.25) is 0 Å². The highest BCUT2D eigenvalue weighted by Gasteiger charge is 2.14. The molecule has 1 N–H and O–H groups in total. The standard InChI is InChI=1S/C18H22ClNO2/c19-17-7-8-18(16-6-2-1-5-15(16)17)22-14-13-21-12-11-20-9-3-4-10-20/h1-2,5-8H,3-4,9-14H2/p+1. The summed E-state index contributed by atoms with van der Waals surface area (Å²) in [6, 6.07) is 11.9. The first kappa shape index (κ1) is 15.6. The van der Waals surface area contributed by atoms with Crippen molar-refractivity contribution in [1.29, 1.82) is 0 Å². The Morgan fingerprint density at radius 1 is 0.909 bits per heavy atom. The third kappa shape index (κ3) is 3.92. The Morgan fingerprint density at radius 2 is 1.68 bits per heavy atom. The average Bonchev–Trinajstić information content (AvgIpc) is 3.06. The summed E-state index contributed by atoms with van der Waals surface area (Å²) >= 11 is 6.21. The van der Waals surface area contributed by atoms with Crippen molar-refractivity contribution in [3.63, 3.8) is 0 Å². The van der Waals surface area contributed by atoms with Gasteiger partial charge in [0.1, 0.15) is 18.9 Å². The molecule has 0 unspecified atom stereocenters. The van der Waals surface area contributed by atoms with Crippen LogP contribution in [0.1, 0.15) is 12.8 Å². The number of ether oxygens (including phenoxy) is 2. The van der Waals surface area contributed by atoms with Crippen LogP contribution in [0.15, 0.2) is 36.4 Å². The van der Waals surface area contributed by atoms with Gasteiger partial charge in [-0.15, -0.1) is 0 Å². The van der Waals surface area contributed by atoms with Gasteiger partial charge in [-0.3, -0.25) is 0 Å². The van der Waals surface area contributed by atoms with Crippen LogP contribution in [0.4, 0.5) is 0 Å². The fraction of sp³-hybridized carbons (Fsp3) is 0.444. The van der Waals surface area contributed by atoms with Crippen molar-refractivity contribution in [2.75, 3.05) is 39.5 Å². The molecule has 0 bridgehead atoms. The van der Waals surface area contributed by atoms with E-state index in [9.17, 15) is 0 Å². The van der Waals surface area contributed by atoms with E-state index in [1.807, 2.05) is 36.4 Å². The highest BCUT2D eigenvalue weighted by Crippen LogP contribution is 2.31. The van der Waals surface area contributed by atoms with E-state index < -0.39 is 0 Å². The van der Waals surface area contributed by atoms with Crippen molar-refractivity contribution in [2.45, 2.75) is 12.8 Å². The summed E-state index contributed by atoms with van der Waals surface area (Å²) in [5, 5.41) is 2.84. The molecule has 0 spiro atoms. The quantitative estimate of drug-likeness (QED) is 0.792. The minimum atomic E-state index is 0.570. The highest BCUT2D eigenvalue weighted by molar-refractivity contribution is 6.35. The predicted molar refractivity (Wildman–Crippen MR) is 90.1 cm³/mol. The van der Waals surface area contributed by atoms with E-state index >= 15 is 0 Å². The Bertz CT molecular complexity index is 611. The van der Waals surface area contributed by atoms with Gasteiger partial charge in [-0.25, -0.2) is 0 Å². The maximum atomic E-state index is 6.21. The third-order valence-corrected chi connectivity index (χ3v) is 4.56. The number of hydrogen-bond acceptors (Lipinski definition) is 2. The fourth-order valence-corrected chi connectivity index (χ4v) is 3.24. The summed E-state index contributed by atoms with van der Waals surface area (Å²) in [4.78, 5) is 1.67. The summed E-state index contributed by atoms with van der Waals surface area (Å²) in [7, 11) is 0. The molecule has 0 saturated carbocycles. The summed E-state index contributed by atoms with van der Waals surface area (Å²) in [5.41, 5.74) is 0. The van der Waals surface area contributed by atoms with Crippen molar-refractivity contribution in [3.05, 3.63) is 41.4 Å². The topological polar surface area (TPSA) is 22.9 Å². The molecule has 1 aliphatic rings. The average molecular weight is 321 g/mol. The Hall–Kier alpha value is -1.29. The normalized spacial score (nSPS) is 15.5. The van der Waals surface area contributed by atoms with Gasteiger partial charge in [0.25, 0.3) is 0 Å². The molecular weight excluding hydrogens is 298 g/mol. The van der Waals surface area contributed by atoms with Crippen LogP contribution < -0.4 is 9.64 Å². The minimum Gasteiger partial charge on any atom is -0.491 e. The molecule has 0 amide bonds. The molecule has 2 aromatic rings. The zero-order valence-electron chi connectivity index (χ0n) is 12.8. The van der Waals surface area contributed by atoms with Crippen molar-refractivity contribution in [1.82, 2.24) is 0 Å². The molecule has 1 aliphatic heterocycles. The first-order valence-electron chi connectivity index (χ1n) is 8.06. The Morgan fingerprint density at radius 3 is 2.50 bits per heavy atom. The van der Waals surface area contributed by atoms with E-state index in [-0.39, 0.29) is 0 Å². The molecule has 3 rings (SSSR count). The molecular formula is C18H23ClNO2+. The van der Waals surface area contributed by atoms with Crippen LogP contribution in [0.3, 0.4) is 0 Å². The number of likely N-dealkylation sites (tertiary alicyclic amines) is 1. The number of fused-ring (bicyclic) bond motifs is 1. The van der Waals surface area contributed by atoms with Crippen LogP contribution >= 0.6 is 11.6 Å². The van der Waals surface area contributed by atoms with Gasteiger partial charge < -0.3 is 14.4 Å². The maximum absolute atomic E-state index is 6.21. The third-order valence-electron chi connectivity index (χ3n) is 4.23. The molecule has 3 nitrogen and oxygen atoms in total. The molecule has 118 valence electrons. The first-order chi connectivity index (χ1) is 10.8. The lowest BCUT2D eigenvalue weighted by atomic mass is 10.1. The minimum absolute atomic E-state index is 0.570. The van der Waals surface area contributed by atoms with Crippen LogP contribution in [0.2, 0.25) is 5.02 Å². The molecule has 1 heterocycles. The lowest BCUT2D eigenvalue weighted by Gasteiger charge is -2.13. The fourth-order valence-electron chi connectivity index (χ4n) is 3.01. The van der Waals surface area contributed by atoms with E-state index in [1.54, 1.807) is 4.90 Å². The predicted octanol–water partition coefficient (Wildman–Crippen LogP) is 2.57. The highest BCUT2D eigenvalue weighted by atomic mass is 35.5. The van der Waals surface area contributed by atoms with Crippen LogP contribution in [0.25, 0.3) is 10.8 Å². The van der Waals surface area contributed by atoms with Crippen molar-refractivity contribution < 1.29 is 14.4 Å². The Balaban J connectivity index is 1.44. The number of halogens is 1. The second-order valence-corrected chi connectivity index (χ2v) is 6.17. The molecule has 2 aromatic carbocycles. The molecule has 0 aliphatic carbocycles. The van der Waals surface area contributed by atoms with Gasteiger partial charge in [-0.2, -0.15) is 0 Å². The lowest BCUT2D eigenvalue weighted by molar-refractivity contribution is -0.887. The summed E-state index contributed by atoms with van der Waals surface area (Å²) in [6.07, 6.45) is 2.73. The van der Waals surface area contributed by atoms with E-state index in [1.165, 1.54) is 25.9 Å². The molecule has 0 radical (unpaired) electrons. The van der Waals surface area contributed by atoms with E-state index in [4.69, 9.17) is 21.1 Å². The Kier molecular flexibility index (Phi) is 5.54. The largest absolute Gasteiger partial charge is 0.491 e. The summed E-state index contributed by atoms with van der Waals surface area (Å²) in [5.74, 6) is 0.869. The van der Waals surface area contributed by atoms with Gasteiger partial charge in [0.15, 0.2) is 0 Å². The monoisotopic (exact) mass is 320 g/mol. The lowest BCUT2D eigenvalue weighted by Crippen LogP contribution is -3.10. The van der Waals surface area contributed by atoms with E-state index in [0.29, 0.717) is 13.2 Å². The smallest absolute Gasteiger partial charge is 0.127 e. The summed E-state index contributed by atoms with van der Waals surface area (Å²) < 4.78 is 11.5. The zero-order valence-corrected chi connectivity index (χ0v) is 13.6. The molecule has 1 fully saturated rings. The molecule has 4 heteroatoms. The van der Waals surface area contributed by atoms with Crippen LogP contribution in [0, 0.1) is 0 Å². The molecule has 1 saturated heterocycles. The molecule has 22 heavy (non-hydrogen) atoms. The summed E-state index contributed by atoms with van der Waals surface area (Å²) in [6.45, 7) is 5.74. The van der Waals surface area contributed by atoms with Crippen LogP contribution in [0.5, 0.6) is 5.75 Å². The second-order valence-electron chi connectivity index (χ2n) is 5.76. The van der Waals surface area contributed by atoms with Crippen molar-refractivity contribution >= 4 is 22.4 Å². The first-order valence-corrected chi connectivity index (χ1v) is 8.44. The molecule has 0 atom stereocenters. The van der Waals surface area contributed by atoms with Crippen LogP contribution in [-0.4, -0.2) is 39.5 Å². The van der Waals surface area contributed by atoms with E-state index in [0.717, 1.165) is 34.7 Å². The number of hydrogen-bond donors (Lipinski definition) is 1. The van der Waals surface area contributed by atoms with Crippen LogP contribution in [-0.2, 0) is 4.74 Å². The number of benzene rings is 2. The zero-order chi connectivity index (χ0) is 15.2. The number of nitrogens with one attached hydrogen (secondary N) is 1. The van der Waals surface area contributed by atoms with Crippen molar-refractivity contribution in [3.8, 4) is 5.75 Å². The van der Waals surface area contributed by atoms with E-state index in [2.05, 4.69) is 0 Å². The molecule has 0 aromatic heterocycles.